The lowest BCUT2D eigenvalue weighted by Crippen LogP contribution is -2.07. The van der Waals surface area contributed by atoms with Gasteiger partial charge in [-0.25, -0.2) is 0 Å². The van der Waals surface area contributed by atoms with Crippen LogP contribution in [0.25, 0.3) is 22.2 Å². The Kier molecular flexibility index (Phi) is 4.94. The van der Waals surface area contributed by atoms with Crippen LogP contribution >= 0.6 is 0 Å². The van der Waals surface area contributed by atoms with E-state index in [1.165, 1.54) is 42.4 Å². The Bertz CT molecular complexity index is 1290. The van der Waals surface area contributed by atoms with Crippen LogP contribution in [0.2, 0.25) is 0 Å². The highest BCUT2D eigenvalue weighted by Crippen LogP contribution is 2.43. The van der Waals surface area contributed by atoms with Crippen molar-refractivity contribution in [3.8, 4) is 11.3 Å². The molecule has 0 amide bonds. The number of fused-ring (bicyclic) bond motifs is 1. The maximum atomic E-state index is 2.36. The van der Waals surface area contributed by atoms with E-state index in [9.17, 15) is 0 Å². The summed E-state index contributed by atoms with van der Waals surface area (Å²) in [6, 6.07) is 39.5. The van der Waals surface area contributed by atoms with E-state index in [-0.39, 0.29) is 10.9 Å². The first kappa shape index (κ1) is 18.8. The minimum Gasteiger partial charge on any atom is -0.339 e. The molecular weight excluding hydrogens is 382 g/mol. The van der Waals surface area contributed by atoms with Crippen LogP contribution < -0.4 is 0 Å². The zero-order valence-corrected chi connectivity index (χ0v) is 18.1. The molecule has 0 bridgehead atoms. The number of para-hydroxylation sites is 1. The molecule has 2 heteroatoms. The zero-order valence-electron chi connectivity index (χ0n) is 17.2. The van der Waals surface area contributed by atoms with Gasteiger partial charge < -0.3 is 4.57 Å². The summed E-state index contributed by atoms with van der Waals surface area (Å²) in [7, 11) is 1.98. The van der Waals surface area contributed by atoms with Crippen molar-refractivity contribution in [3.63, 3.8) is 0 Å². The number of aromatic nitrogens is 1. The fourth-order valence-corrected chi connectivity index (χ4v) is 6.51. The second-order valence-corrected chi connectivity index (χ2v) is 9.52. The summed E-state index contributed by atoms with van der Waals surface area (Å²) in [6.45, 7) is 2.15. The topological polar surface area (TPSA) is 4.93 Å². The lowest BCUT2D eigenvalue weighted by atomic mass is 10.1. The number of hydrogen-bond acceptors (Lipinski definition) is 0. The van der Waals surface area contributed by atoms with Gasteiger partial charge in [0.05, 0.1) is 10.9 Å². The first-order valence-electron chi connectivity index (χ1n) is 10.2. The van der Waals surface area contributed by atoms with E-state index in [1.54, 1.807) is 0 Å². The van der Waals surface area contributed by atoms with Crippen LogP contribution in [-0.2, 0) is 17.9 Å². The van der Waals surface area contributed by atoms with Gasteiger partial charge >= 0.3 is 0 Å². The largest absolute Gasteiger partial charge is 0.339 e. The van der Waals surface area contributed by atoms with Crippen molar-refractivity contribution in [2.24, 2.45) is 7.05 Å². The van der Waals surface area contributed by atoms with Crippen LogP contribution in [0.1, 0.15) is 5.56 Å². The number of nitrogens with zero attached hydrogens (tertiary/aromatic N) is 1. The van der Waals surface area contributed by atoms with Gasteiger partial charge in [0.1, 0.15) is 16.6 Å². The summed E-state index contributed by atoms with van der Waals surface area (Å²) in [5, 5.41) is 1.33. The smallest absolute Gasteiger partial charge is 0.200 e. The number of hydrogen-bond donors (Lipinski definition) is 0. The van der Waals surface area contributed by atoms with E-state index in [1.807, 2.05) is 0 Å². The van der Waals surface area contributed by atoms with E-state index in [2.05, 4.69) is 128 Å². The molecule has 0 saturated carbocycles. The van der Waals surface area contributed by atoms with Crippen LogP contribution in [0.15, 0.2) is 124 Å². The molecule has 0 fully saturated rings. The van der Waals surface area contributed by atoms with Gasteiger partial charge in [0.25, 0.3) is 0 Å². The molecular formula is C28H24NS+. The predicted octanol–water partition coefficient (Wildman–Crippen LogP) is 7.25. The second-order valence-electron chi connectivity index (χ2n) is 7.55. The Morgan fingerprint density at radius 2 is 1.17 bits per heavy atom. The third kappa shape index (κ3) is 3.24. The molecule has 146 valence electrons. The summed E-state index contributed by atoms with van der Waals surface area (Å²) in [5.74, 6) is 0. The molecule has 30 heavy (non-hydrogen) atoms. The molecule has 1 heterocycles. The molecule has 1 nitrogen and oxygen atoms in total. The minimum atomic E-state index is -0.210. The number of benzene rings is 4. The van der Waals surface area contributed by atoms with Gasteiger partial charge in [0.15, 0.2) is 14.7 Å². The Morgan fingerprint density at radius 3 is 1.87 bits per heavy atom. The maximum absolute atomic E-state index is 2.36. The molecule has 5 rings (SSSR count). The minimum absolute atomic E-state index is 0.210. The molecule has 0 spiro atoms. The molecule has 0 aliphatic heterocycles. The van der Waals surface area contributed by atoms with Gasteiger partial charge in [-0.2, -0.15) is 0 Å². The van der Waals surface area contributed by atoms with Gasteiger partial charge in [0.2, 0.25) is 0 Å². The molecule has 1 aromatic heterocycles. The van der Waals surface area contributed by atoms with E-state index < -0.39 is 0 Å². The summed E-state index contributed by atoms with van der Waals surface area (Å²) < 4.78 is 2.36. The fraction of sp³-hybridized carbons (Fsp3) is 0.0714. The third-order valence-corrected chi connectivity index (χ3v) is 7.86. The van der Waals surface area contributed by atoms with E-state index >= 15 is 0 Å². The van der Waals surface area contributed by atoms with Gasteiger partial charge in [-0.05, 0) is 43.3 Å². The highest BCUT2D eigenvalue weighted by molar-refractivity contribution is 7.97. The molecule has 1 unspecified atom stereocenters. The number of aryl methyl sites for hydroxylation is 2. The quantitative estimate of drug-likeness (QED) is 0.277. The Balaban J connectivity index is 1.88. The number of rotatable bonds is 4. The van der Waals surface area contributed by atoms with Crippen molar-refractivity contribution in [1.82, 2.24) is 4.57 Å². The van der Waals surface area contributed by atoms with Gasteiger partial charge in [-0.1, -0.05) is 78.4 Å². The maximum Gasteiger partial charge on any atom is 0.200 e. The van der Waals surface area contributed by atoms with Crippen molar-refractivity contribution in [2.75, 3.05) is 0 Å². The highest BCUT2D eigenvalue weighted by Gasteiger charge is 2.36. The first-order chi connectivity index (χ1) is 14.7. The average Bonchev–Trinajstić information content (AvgIpc) is 3.09. The van der Waals surface area contributed by atoms with Crippen LogP contribution in [-0.4, -0.2) is 4.57 Å². The lowest BCUT2D eigenvalue weighted by molar-refractivity contribution is 0.967. The standard InChI is InChI=1S/C28H24NS/c1-21-17-19-24(20-18-21)30(23-13-7-4-8-14-23)28-25-15-9-10-16-26(25)29(2)27(28)22-11-5-3-6-12-22/h3-20H,1-2H3/q+1. The molecule has 4 aromatic carbocycles. The van der Waals surface area contributed by atoms with Crippen molar-refractivity contribution in [2.45, 2.75) is 21.6 Å². The monoisotopic (exact) mass is 406 g/mol. The third-order valence-electron chi connectivity index (χ3n) is 5.55. The first-order valence-corrected chi connectivity index (χ1v) is 11.5. The summed E-state index contributed by atoms with van der Waals surface area (Å²) in [5.41, 5.74) is 5.11. The molecule has 0 saturated heterocycles. The molecule has 1 atom stereocenters. The molecule has 0 aliphatic carbocycles. The summed E-state index contributed by atoms with van der Waals surface area (Å²) in [4.78, 5) is 4.09. The van der Waals surface area contributed by atoms with E-state index in [0.29, 0.717) is 0 Å². The van der Waals surface area contributed by atoms with Crippen LogP contribution in [0.4, 0.5) is 0 Å². The van der Waals surface area contributed by atoms with E-state index in [4.69, 9.17) is 0 Å². The van der Waals surface area contributed by atoms with Gasteiger partial charge in [0, 0.05) is 12.6 Å². The highest BCUT2D eigenvalue weighted by atomic mass is 32.2. The van der Waals surface area contributed by atoms with Crippen molar-refractivity contribution in [1.29, 1.82) is 0 Å². The molecule has 0 N–H and O–H groups in total. The average molecular weight is 407 g/mol. The predicted molar refractivity (Wildman–Crippen MR) is 128 cm³/mol. The van der Waals surface area contributed by atoms with Crippen molar-refractivity contribution in [3.05, 3.63) is 115 Å². The van der Waals surface area contributed by atoms with Crippen LogP contribution in [0.5, 0.6) is 0 Å². The zero-order chi connectivity index (χ0) is 20.5. The fourth-order valence-electron chi connectivity index (χ4n) is 4.09. The summed E-state index contributed by atoms with van der Waals surface area (Å²) >= 11 is 0. The van der Waals surface area contributed by atoms with Crippen molar-refractivity contribution >= 4 is 21.8 Å². The second kappa shape index (κ2) is 7.89. The van der Waals surface area contributed by atoms with Crippen LogP contribution in [0, 0.1) is 6.92 Å². The van der Waals surface area contributed by atoms with E-state index in [0.717, 1.165) is 0 Å². The Labute approximate surface area is 181 Å². The SMILES string of the molecule is Cc1ccc([S+](c2ccccc2)c2c(-c3ccccc3)n(C)c3ccccc23)cc1. The van der Waals surface area contributed by atoms with Gasteiger partial charge in [-0.15, -0.1) is 0 Å². The molecule has 0 aliphatic rings. The molecule has 0 radical (unpaired) electrons. The van der Waals surface area contributed by atoms with Gasteiger partial charge in [-0.3, -0.25) is 0 Å². The van der Waals surface area contributed by atoms with Crippen LogP contribution in [0.3, 0.4) is 0 Å². The molecule has 5 aromatic rings. The normalized spacial score (nSPS) is 12.2. The summed E-state index contributed by atoms with van der Waals surface area (Å²) in [6.07, 6.45) is 0. The Morgan fingerprint density at radius 1 is 0.600 bits per heavy atom. The van der Waals surface area contributed by atoms with Crippen molar-refractivity contribution < 1.29 is 0 Å². The lowest BCUT2D eigenvalue weighted by Gasteiger charge is -2.11. The Hall–Kier alpha value is -3.23.